The lowest BCUT2D eigenvalue weighted by Crippen LogP contribution is -2.48. The summed E-state index contributed by atoms with van der Waals surface area (Å²) in [7, 11) is 0. The van der Waals surface area contributed by atoms with Gasteiger partial charge in [-0.25, -0.2) is 4.98 Å². The van der Waals surface area contributed by atoms with E-state index in [0.29, 0.717) is 23.4 Å². The highest BCUT2D eigenvalue weighted by Crippen LogP contribution is 2.27. The second kappa shape index (κ2) is 7.60. The number of rotatable bonds is 3. The summed E-state index contributed by atoms with van der Waals surface area (Å²) in [4.78, 5) is 19.4. The van der Waals surface area contributed by atoms with Crippen molar-refractivity contribution in [1.82, 2.24) is 20.5 Å². The van der Waals surface area contributed by atoms with Crippen LogP contribution >= 0.6 is 15.9 Å². The van der Waals surface area contributed by atoms with Crippen molar-refractivity contribution in [2.45, 2.75) is 25.8 Å². The maximum atomic E-state index is 12.5. The highest BCUT2D eigenvalue weighted by Gasteiger charge is 2.24. The monoisotopic (exact) mass is 438 g/mol. The predicted octanol–water partition coefficient (Wildman–Crippen LogP) is 3.30. The van der Waals surface area contributed by atoms with Crippen LogP contribution in [0.15, 0.2) is 34.9 Å². The minimum atomic E-state index is -0.118. The number of anilines is 1. The molecule has 0 bridgehead atoms. The average molecular weight is 439 g/mol. The van der Waals surface area contributed by atoms with Crippen LogP contribution in [0.3, 0.4) is 0 Å². The summed E-state index contributed by atoms with van der Waals surface area (Å²) < 4.78 is 0.918. The molecule has 1 fully saturated rings. The van der Waals surface area contributed by atoms with Crippen molar-refractivity contribution in [1.29, 1.82) is 5.26 Å². The highest BCUT2D eigenvalue weighted by atomic mass is 79.9. The van der Waals surface area contributed by atoms with Crippen LogP contribution in [0.25, 0.3) is 10.9 Å². The zero-order valence-corrected chi connectivity index (χ0v) is 17.0. The van der Waals surface area contributed by atoms with Gasteiger partial charge in [-0.1, -0.05) is 15.9 Å². The number of carbonyl (C=O) groups excluding carboxylic acids is 1. The Hall–Kier alpha value is -2.92. The van der Waals surface area contributed by atoms with Crippen molar-refractivity contribution in [3.05, 3.63) is 51.8 Å². The maximum absolute atomic E-state index is 12.5. The number of nitrogens with one attached hydrogen (secondary N) is 2. The van der Waals surface area contributed by atoms with Gasteiger partial charge in [0.05, 0.1) is 28.4 Å². The van der Waals surface area contributed by atoms with E-state index in [9.17, 15) is 10.1 Å². The van der Waals surface area contributed by atoms with Crippen LogP contribution in [-0.2, 0) is 0 Å². The van der Waals surface area contributed by atoms with Gasteiger partial charge < -0.3 is 10.2 Å². The number of halogens is 1. The first-order valence-electron chi connectivity index (χ1n) is 9.12. The Bertz CT molecular complexity index is 1090. The number of hydrogen-bond donors (Lipinski definition) is 2. The second-order valence-electron chi connectivity index (χ2n) is 6.94. The van der Waals surface area contributed by atoms with Crippen molar-refractivity contribution in [2.75, 3.05) is 18.0 Å². The number of H-pyrrole nitrogens is 1. The lowest BCUT2D eigenvalue weighted by molar-refractivity contribution is 0.0932. The lowest BCUT2D eigenvalue weighted by atomic mass is 10.0. The van der Waals surface area contributed by atoms with Crippen LogP contribution in [0.2, 0.25) is 0 Å². The van der Waals surface area contributed by atoms with E-state index in [0.717, 1.165) is 40.6 Å². The van der Waals surface area contributed by atoms with Gasteiger partial charge in [0.2, 0.25) is 0 Å². The molecular formula is C20H19BrN6O. The zero-order valence-electron chi connectivity index (χ0n) is 15.4. The zero-order chi connectivity index (χ0) is 19.7. The van der Waals surface area contributed by atoms with Crippen molar-refractivity contribution >= 4 is 38.6 Å². The summed E-state index contributed by atoms with van der Waals surface area (Å²) in [6.07, 6.45) is 3.47. The number of aryl methyl sites for hydroxylation is 1. The number of fused-ring (bicyclic) bond motifs is 1. The number of nitrogens with zero attached hydrogens (tertiary/aromatic N) is 4. The molecule has 0 unspecified atom stereocenters. The quantitative estimate of drug-likeness (QED) is 0.653. The lowest BCUT2D eigenvalue weighted by Gasteiger charge is -2.34. The Balaban J connectivity index is 1.56. The third kappa shape index (κ3) is 3.58. The number of hydrogen-bond acceptors (Lipinski definition) is 5. The number of aromatic amines is 1. The average Bonchev–Trinajstić information content (AvgIpc) is 3.13. The number of piperidine rings is 1. The van der Waals surface area contributed by atoms with Crippen molar-refractivity contribution in [2.24, 2.45) is 0 Å². The first-order valence-corrected chi connectivity index (χ1v) is 9.91. The second-order valence-corrected chi connectivity index (χ2v) is 7.86. The number of carbonyl (C=O) groups is 1. The van der Waals surface area contributed by atoms with Gasteiger partial charge in [-0.05, 0) is 44.0 Å². The molecule has 1 aromatic carbocycles. The van der Waals surface area contributed by atoms with Crippen LogP contribution in [0.5, 0.6) is 0 Å². The van der Waals surface area contributed by atoms with Gasteiger partial charge in [0, 0.05) is 35.2 Å². The van der Waals surface area contributed by atoms with E-state index in [-0.39, 0.29) is 11.9 Å². The van der Waals surface area contributed by atoms with Gasteiger partial charge in [0.25, 0.3) is 5.91 Å². The molecule has 0 saturated carbocycles. The maximum Gasteiger partial charge on any atom is 0.255 e. The number of benzene rings is 1. The van der Waals surface area contributed by atoms with Crippen molar-refractivity contribution in [3.63, 3.8) is 0 Å². The molecule has 3 aromatic rings. The molecule has 1 amide bonds. The van der Waals surface area contributed by atoms with Crippen molar-refractivity contribution in [3.8, 4) is 6.07 Å². The Kier molecular flexibility index (Phi) is 5.01. The molecular weight excluding hydrogens is 420 g/mol. The van der Waals surface area contributed by atoms with E-state index in [1.807, 2.05) is 24.3 Å². The molecule has 1 aliphatic rings. The smallest absolute Gasteiger partial charge is 0.255 e. The minimum Gasteiger partial charge on any atom is -0.355 e. The van der Waals surface area contributed by atoms with E-state index in [1.54, 1.807) is 13.1 Å². The molecule has 0 aliphatic carbocycles. The molecule has 142 valence electrons. The Morgan fingerprint density at radius 3 is 3.04 bits per heavy atom. The fraction of sp³-hybridized carbons (Fsp3) is 0.300. The van der Waals surface area contributed by atoms with Gasteiger partial charge in [0.15, 0.2) is 0 Å². The van der Waals surface area contributed by atoms with Crippen LogP contribution in [-0.4, -0.2) is 40.2 Å². The van der Waals surface area contributed by atoms with Gasteiger partial charge >= 0.3 is 0 Å². The summed E-state index contributed by atoms with van der Waals surface area (Å²) >= 11 is 3.45. The third-order valence-electron chi connectivity index (χ3n) is 5.03. The number of nitriles is 1. The van der Waals surface area contributed by atoms with Gasteiger partial charge in [-0.15, -0.1) is 0 Å². The van der Waals surface area contributed by atoms with E-state index in [1.165, 1.54) is 0 Å². The predicted molar refractivity (Wildman–Crippen MR) is 110 cm³/mol. The van der Waals surface area contributed by atoms with E-state index in [4.69, 9.17) is 4.98 Å². The Morgan fingerprint density at radius 1 is 1.43 bits per heavy atom. The first-order chi connectivity index (χ1) is 13.5. The summed E-state index contributed by atoms with van der Waals surface area (Å²) in [5.41, 5.74) is 2.64. The normalized spacial score (nSPS) is 16.8. The number of pyridine rings is 1. The standard InChI is InChI=1S/C20H19BrN6O/c1-12-17(10-23-26-12)20(28)24-15-3-2-6-27(11-15)19-7-13(9-22)16-8-14(21)4-5-18(16)25-19/h4-5,7-8,10,15H,2-3,6,11H2,1H3,(H,23,26)(H,24,28)/t15-/m0/s1. The summed E-state index contributed by atoms with van der Waals surface area (Å²) in [5.74, 6) is 0.650. The molecule has 1 saturated heterocycles. The number of aromatic nitrogens is 3. The largest absolute Gasteiger partial charge is 0.355 e. The fourth-order valence-electron chi connectivity index (χ4n) is 3.59. The van der Waals surface area contributed by atoms with Gasteiger partial charge in [-0.3, -0.25) is 9.89 Å². The molecule has 2 aromatic heterocycles. The Labute approximate surface area is 170 Å². The molecule has 1 aliphatic heterocycles. The van der Waals surface area contributed by atoms with Gasteiger partial charge in [-0.2, -0.15) is 10.4 Å². The van der Waals surface area contributed by atoms with E-state index >= 15 is 0 Å². The van der Waals surface area contributed by atoms with E-state index < -0.39 is 0 Å². The molecule has 0 radical (unpaired) electrons. The van der Waals surface area contributed by atoms with Crippen LogP contribution in [0.4, 0.5) is 5.82 Å². The Morgan fingerprint density at radius 2 is 2.29 bits per heavy atom. The highest BCUT2D eigenvalue weighted by molar-refractivity contribution is 9.10. The van der Waals surface area contributed by atoms with Crippen molar-refractivity contribution < 1.29 is 4.79 Å². The molecule has 28 heavy (non-hydrogen) atoms. The molecule has 8 heteroatoms. The molecule has 7 nitrogen and oxygen atoms in total. The molecule has 2 N–H and O–H groups in total. The number of amides is 1. The topological polar surface area (TPSA) is 97.7 Å². The SMILES string of the molecule is Cc1n[nH]cc1C(=O)N[C@H]1CCCN(c2cc(C#N)c3cc(Br)ccc3n2)C1. The van der Waals surface area contributed by atoms with Crippen LogP contribution in [0.1, 0.15) is 34.5 Å². The minimum absolute atomic E-state index is 0.0171. The molecule has 4 rings (SSSR count). The van der Waals surface area contributed by atoms with Crippen LogP contribution < -0.4 is 10.2 Å². The molecule has 0 spiro atoms. The summed E-state index contributed by atoms with van der Waals surface area (Å²) in [6.45, 7) is 3.30. The van der Waals surface area contributed by atoms with E-state index in [2.05, 4.69) is 42.4 Å². The van der Waals surface area contributed by atoms with Crippen LogP contribution in [0, 0.1) is 18.3 Å². The first kappa shape index (κ1) is 18.4. The van der Waals surface area contributed by atoms with Gasteiger partial charge in [0.1, 0.15) is 5.82 Å². The third-order valence-corrected chi connectivity index (χ3v) is 5.53. The summed E-state index contributed by atoms with van der Waals surface area (Å²) in [6, 6.07) is 9.88. The molecule has 1 atom stereocenters. The fourth-order valence-corrected chi connectivity index (χ4v) is 3.95. The molecule has 3 heterocycles. The summed E-state index contributed by atoms with van der Waals surface area (Å²) in [5, 5.41) is 20.2.